The number of pyridine rings is 1. The van der Waals surface area contributed by atoms with Crippen molar-refractivity contribution in [3.05, 3.63) is 59.4 Å². The van der Waals surface area contributed by atoms with Crippen molar-refractivity contribution < 1.29 is 10.0 Å². The first kappa shape index (κ1) is 20.5. The van der Waals surface area contributed by atoms with E-state index in [1.54, 1.807) is 48.9 Å². The van der Waals surface area contributed by atoms with Crippen molar-refractivity contribution >= 4 is 57.8 Å². The number of anilines is 1. The number of aromatic nitrogens is 1. The molecule has 0 saturated carbocycles. The van der Waals surface area contributed by atoms with E-state index in [1.165, 1.54) is 16.8 Å². The summed E-state index contributed by atoms with van der Waals surface area (Å²) in [6, 6.07) is 9.57. The monoisotopic (exact) mass is 435 g/mol. The number of amides is 2. The zero-order valence-corrected chi connectivity index (χ0v) is 17.5. The van der Waals surface area contributed by atoms with E-state index in [4.69, 9.17) is 23.8 Å². The van der Waals surface area contributed by atoms with Gasteiger partial charge in [0.2, 0.25) is 0 Å². The Bertz CT molecular complexity index is 910. The molecular weight excluding hydrogens is 418 g/mol. The summed E-state index contributed by atoms with van der Waals surface area (Å²) in [6.07, 6.45) is 4.09. The van der Waals surface area contributed by atoms with Crippen molar-refractivity contribution in [2.75, 3.05) is 5.32 Å². The highest BCUT2D eigenvalue weighted by Crippen LogP contribution is 2.42. The van der Waals surface area contributed by atoms with Crippen molar-refractivity contribution in [2.45, 2.75) is 24.8 Å². The van der Waals surface area contributed by atoms with Crippen LogP contribution in [0.1, 0.15) is 19.4 Å². The predicted octanol–water partition coefficient (Wildman–Crippen LogP) is 4.43. The molecule has 7 nitrogen and oxygen atoms in total. The van der Waals surface area contributed by atoms with E-state index in [0.29, 0.717) is 20.1 Å². The molecule has 146 valence electrons. The molecule has 1 aliphatic heterocycles. The van der Waals surface area contributed by atoms with E-state index in [0.717, 1.165) is 5.56 Å². The smallest absolute Gasteiger partial charge is 0.306 e. The van der Waals surface area contributed by atoms with Gasteiger partial charge in [-0.15, -0.1) is 0 Å². The average molecular weight is 436 g/mol. The van der Waals surface area contributed by atoms with E-state index in [2.05, 4.69) is 15.4 Å². The normalized spacial score (nSPS) is 18.5. The highest BCUT2D eigenvalue weighted by molar-refractivity contribution is 8.24. The fourth-order valence-electron chi connectivity index (χ4n) is 2.67. The fraction of sp³-hybridized carbons (Fsp3) is 0.222. The van der Waals surface area contributed by atoms with Crippen LogP contribution in [0, 0.1) is 0 Å². The van der Waals surface area contributed by atoms with Crippen molar-refractivity contribution in [1.82, 2.24) is 15.1 Å². The number of thioether (sulfide) groups is 1. The molecule has 1 aromatic heterocycles. The van der Waals surface area contributed by atoms with E-state index in [-0.39, 0.29) is 0 Å². The Morgan fingerprint density at radius 3 is 2.93 bits per heavy atom. The molecule has 0 aliphatic carbocycles. The van der Waals surface area contributed by atoms with E-state index in [1.807, 2.05) is 19.9 Å². The molecule has 1 saturated heterocycles. The molecule has 1 aromatic carbocycles. The largest absolute Gasteiger partial charge is 0.347 e. The van der Waals surface area contributed by atoms with Gasteiger partial charge in [-0.1, -0.05) is 47.7 Å². The molecule has 10 heteroatoms. The number of hydroxylamine groups is 2. The number of halogens is 1. The summed E-state index contributed by atoms with van der Waals surface area (Å²) in [5.41, 5.74) is 1.24. The lowest BCUT2D eigenvalue weighted by Gasteiger charge is -2.34. The van der Waals surface area contributed by atoms with Crippen molar-refractivity contribution in [3.8, 4) is 0 Å². The number of nitrogens with one attached hydrogen (secondary N) is 1. The standard InChI is InChI=1S/C18H18ClN5O2S2/c1-18(2)15(24(26)16(25)22-14-7-3-6-13(19)9-14)23(17(27)28-18)21-11-12-5-4-8-20-10-12/h3-11,15,26H,1-2H3,(H,22,25)/b21-11-/t15-/m0/s1. The lowest BCUT2D eigenvalue weighted by Crippen LogP contribution is -2.54. The van der Waals surface area contributed by atoms with Gasteiger partial charge in [0.25, 0.3) is 0 Å². The zero-order valence-electron chi connectivity index (χ0n) is 15.1. The van der Waals surface area contributed by atoms with Crippen LogP contribution < -0.4 is 5.32 Å². The first-order valence-electron chi connectivity index (χ1n) is 8.29. The average Bonchev–Trinajstić information content (AvgIpc) is 2.88. The van der Waals surface area contributed by atoms with Gasteiger partial charge in [-0.25, -0.2) is 9.80 Å². The number of carbonyl (C=O) groups is 1. The molecule has 0 bridgehead atoms. The summed E-state index contributed by atoms with van der Waals surface area (Å²) in [5.74, 6) is 0. The second-order valence-corrected chi connectivity index (χ2v) is 9.23. The minimum Gasteiger partial charge on any atom is -0.306 e. The molecule has 2 heterocycles. The van der Waals surface area contributed by atoms with Crippen LogP contribution in [0.25, 0.3) is 0 Å². The Morgan fingerprint density at radius 2 is 2.25 bits per heavy atom. The van der Waals surface area contributed by atoms with E-state index >= 15 is 0 Å². The maximum Gasteiger partial charge on any atom is 0.347 e. The third-order valence-electron chi connectivity index (χ3n) is 3.92. The number of benzene rings is 1. The first-order valence-corrected chi connectivity index (χ1v) is 9.89. The second-order valence-electron chi connectivity index (χ2n) is 6.51. The molecule has 0 unspecified atom stereocenters. The minimum atomic E-state index is -0.808. The molecule has 0 radical (unpaired) electrons. The molecule has 2 aromatic rings. The second kappa shape index (κ2) is 8.44. The maximum atomic E-state index is 12.6. The summed E-state index contributed by atoms with van der Waals surface area (Å²) in [5, 5.41) is 20.2. The van der Waals surface area contributed by atoms with Gasteiger partial charge in [0.15, 0.2) is 10.5 Å². The number of urea groups is 1. The van der Waals surface area contributed by atoms with E-state index in [9.17, 15) is 10.0 Å². The summed E-state index contributed by atoms with van der Waals surface area (Å²) >= 11 is 12.7. The predicted molar refractivity (Wildman–Crippen MR) is 116 cm³/mol. The van der Waals surface area contributed by atoms with Crippen LogP contribution in [0.15, 0.2) is 53.9 Å². The molecular formula is C18H18ClN5O2S2. The van der Waals surface area contributed by atoms with Crippen LogP contribution in [-0.4, -0.2) is 47.7 Å². The highest BCUT2D eigenvalue weighted by Gasteiger charge is 2.50. The summed E-state index contributed by atoms with van der Waals surface area (Å²) < 4.78 is -0.145. The molecule has 2 amide bonds. The van der Waals surface area contributed by atoms with Gasteiger partial charge in [-0.3, -0.25) is 10.2 Å². The van der Waals surface area contributed by atoms with Gasteiger partial charge in [-0.05, 0) is 38.1 Å². The van der Waals surface area contributed by atoms with E-state index < -0.39 is 16.9 Å². The van der Waals surface area contributed by atoms with Crippen LogP contribution in [-0.2, 0) is 0 Å². The van der Waals surface area contributed by atoms with Crippen LogP contribution >= 0.6 is 35.6 Å². The summed E-state index contributed by atoms with van der Waals surface area (Å²) in [4.78, 5) is 16.6. The molecule has 0 spiro atoms. The Kier molecular flexibility index (Phi) is 6.19. The molecule has 1 aliphatic rings. The van der Waals surface area contributed by atoms with Crippen LogP contribution in [0.2, 0.25) is 5.02 Å². The summed E-state index contributed by atoms with van der Waals surface area (Å²) in [7, 11) is 0. The number of hydrogen-bond acceptors (Lipinski definition) is 6. The first-order chi connectivity index (χ1) is 13.3. The molecule has 1 fully saturated rings. The fourth-order valence-corrected chi connectivity index (χ4v) is 4.64. The van der Waals surface area contributed by atoms with Crippen molar-refractivity contribution in [1.29, 1.82) is 0 Å². The lowest BCUT2D eigenvalue weighted by molar-refractivity contribution is -0.114. The van der Waals surface area contributed by atoms with Crippen molar-refractivity contribution in [2.24, 2.45) is 5.10 Å². The van der Waals surface area contributed by atoms with Crippen LogP contribution in [0.4, 0.5) is 10.5 Å². The third kappa shape index (κ3) is 4.61. The quantitative estimate of drug-likeness (QED) is 0.320. The number of thiocarbonyl (C=S) groups is 1. The van der Waals surface area contributed by atoms with Gasteiger partial charge in [0.05, 0.1) is 11.0 Å². The molecule has 1 atom stereocenters. The number of hydrazone groups is 1. The zero-order chi connectivity index (χ0) is 20.3. The van der Waals surface area contributed by atoms with Gasteiger partial charge >= 0.3 is 6.03 Å². The number of carbonyl (C=O) groups excluding carboxylic acids is 1. The van der Waals surface area contributed by atoms with Gasteiger partial charge < -0.3 is 5.32 Å². The SMILES string of the molecule is CC1(C)SC(=S)N(/N=C\c2cccnc2)[C@H]1N(O)C(=O)Nc1cccc(Cl)c1. The Hall–Kier alpha value is -2.20. The maximum absolute atomic E-state index is 12.6. The van der Waals surface area contributed by atoms with Gasteiger partial charge in [-0.2, -0.15) is 10.2 Å². The van der Waals surface area contributed by atoms with Gasteiger partial charge in [0.1, 0.15) is 0 Å². The molecule has 2 N–H and O–H groups in total. The van der Waals surface area contributed by atoms with Gasteiger partial charge in [0, 0.05) is 28.7 Å². The number of nitrogens with zero attached hydrogens (tertiary/aromatic N) is 4. The lowest BCUT2D eigenvalue weighted by atomic mass is 10.1. The Morgan fingerprint density at radius 1 is 1.46 bits per heavy atom. The minimum absolute atomic E-state index is 0.449. The number of hydrogen-bond donors (Lipinski definition) is 2. The van der Waals surface area contributed by atoms with Crippen LogP contribution in [0.3, 0.4) is 0 Å². The van der Waals surface area contributed by atoms with Crippen LogP contribution in [0.5, 0.6) is 0 Å². The van der Waals surface area contributed by atoms with Crippen molar-refractivity contribution in [3.63, 3.8) is 0 Å². The topological polar surface area (TPSA) is 81.1 Å². The Labute approximate surface area is 177 Å². The molecule has 28 heavy (non-hydrogen) atoms. The summed E-state index contributed by atoms with van der Waals surface area (Å²) in [6.45, 7) is 3.76. The number of rotatable bonds is 4. The Balaban J connectivity index is 1.81. The third-order valence-corrected chi connectivity index (χ3v) is 5.69. The molecule has 3 rings (SSSR count). The highest BCUT2D eigenvalue weighted by atomic mass is 35.5.